The summed E-state index contributed by atoms with van der Waals surface area (Å²) in [7, 11) is 0. The van der Waals surface area contributed by atoms with E-state index in [4.69, 9.17) is 0 Å². The first kappa shape index (κ1) is 8.55. The summed E-state index contributed by atoms with van der Waals surface area (Å²) in [6.45, 7) is 7.29. The summed E-state index contributed by atoms with van der Waals surface area (Å²) in [5.41, 5.74) is 0.754. The Balaban J connectivity index is 1.85. The molecule has 0 spiro atoms. The number of fused-ring (bicyclic) bond motifs is 1. The molecule has 1 N–H and O–H groups in total. The standard InChI is InChI=1S/C11H21N/c1-9(2)3-5-11-6-4-10(11)7-12-8-11/h9-10,12H,3-8H2,1-2H3. The van der Waals surface area contributed by atoms with Gasteiger partial charge in [-0.3, -0.25) is 0 Å². The molecule has 70 valence electrons. The van der Waals surface area contributed by atoms with Crippen LogP contribution < -0.4 is 5.32 Å². The number of hydrogen-bond donors (Lipinski definition) is 1. The van der Waals surface area contributed by atoms with Crippen LogP contribution >= 0.6 is 0 Å². The van der Waals surface area contributed by atoms with E-state index in [1.165, 1.54) is 38.8 Å². The van der Waals surface area contributed by atoms with Crippen molar-refractivity contribution in [2.24, 2.45) is 17.3 Å². The molecule has 1 saturated carbocycles. The Morgan fingerprint density at radius 2 is 2.33 bits per heavy atom. The second kappa shape index (κ2) is 3.02. The van der Waals surface area contributed by atoms with Gasteiger partial charge in [0.15, 0.2) is 0 Å². The van der Waals surface area contributed by atoms with Gasteiger partial charge in [0, 0.05) is 6.54 Å². The van der Waals surface area contributed by atoms with Gasteiger partial charge in [0.25, 0.3) is 0 Å². The normalized spacial score (nSPS) is 39.8. The maximum Gasteiger partial charge on any atom is 0.00111 e. The summed E-state index contributed by atoms with van der Waals surface area (Å²) in [5.74, 6) is 1.93. The van der Waals surface area contributed by atoms with Gasteiger partial charge in [-0.25, -0.2) is 0 Å². The number of hydrogen-bond acceptors (Lipinski definition) is 1. The van der Waals surface area contributed by atoms with Gasteiger partial charge in [0.05, 0.1) is 0 Å². The Bertz CT molecular complexity index is 164. The van der Waals surface area contributed by atoms with Gasteiger partial charge >= 0.3 is 0 Å². The van der Waals surface area contributed by atoms with Crippen LogP contribution in [0.2, 0.25) is 0 Å². The van der Waals surface area contributed by atoms with Gasteiger partial charge in [-0.2, -0.15) is 0 Å². The zero-order valence-electron chi connectivity index (χ0n) is 8.40. The van der Waals surface area contributed by atoms with Crippen LogP contribution in [0.15, 0.2) is 0 Å². The molecule has 0 radical (unpaired) electrons. The smallest absolute Gasteiger partial charge is 0.00111 e. The molecular weight excluding hydrogens is 146 g/mol. The molecule has 0 aromatic rings. The van der Waals surface area contributed by atoms with Crippen LogP contribution in [0.4, 0.5) is 0 Å². The van der Waals surface area contributed by atoms with Crippen molar-refractivity contribution < 1.29 is 0 Å². The lowest BCUT2D eigenvalue weighted by Gasteiger charge is -2.45. The average molecular weight is 167 g/mol. The summed E-state index contributed by atoms with van der Waals surface area (Å²) < 4.78 is 0. The van der Waals surface area contributed by atoms with Gasteiger partial charge in [-0.1, -0.05) is 20.3 Å². The second-order valence-electron chi connectivity index (χ2n) is 5.16. The summed E-state index contributed by atoms with van der Waals surface area (Å²) >= 11 is 0. The Kier molecular flexibility index (Phi) is 2.16. The fraction of sp³-hybridized carbons (Fsp3) is 1.00. The van der Waals surface area contributed by atoms with E-state index in [0.29, 0.717) is 0 Å². The van der Waals surface area contributed by atoms with Crippen molar-refractivity contribution in [1.82, 2.24) is 5.32 Å². The van der Waals surface area contributed by atoms with E-state index in [-0.39, 0.29) is 0 Å². The fourth-order valence-electron chi connectivity index (χ4n) is 2.80. The SMILES string of the molecule is CC(C)CCC12CCC1CNC2. The first-order valence-electron chi connectivity index (χ1n) is 5.44. The highest BCUT2D eigenvalue weighted by atomic mass is 15.0. The van der Waals surface area contributed by atoms with Crippen molar-refractivity contribution in [2.45, 2.75) is 39.5 Å². The minimum absolute atomic E-state index is 0.754. The molecule has 0 amide bonds. The van der Waals surface area contributed by atoms with E-state index in [1.807, 2.05) is 0 Å². The van der Waals surface area contributed by atoms with Crippen LogP contribution in [0.1, 0.15) is 39.5 Å². The third-order valence-corrected chi connectivity index (χ3v) is 3.94. The summed E-state index contributed by atoms with van der Waals surface area (Å²) in [4.78, 5) is 0. The highest BCUT2D eigenvalue weighted by Crippen LogP contribution is 2.52. The molecule has 1 aliphatic heterocycles. The maximum absolute atomic E-state index is 3.55. The molecule has 1 saturated heterocycles. The summed E-state index contributed by atoms with van der Waals surface area (Å²) in [6, 6.07) is 0. The largest absolute Gasteiger partial charge is 0.316 e. The van der Waals surface area contributed by atoms with Gasteiger partial charge in [0.1, 0.15) is 0 Å². The molecule has 2 atom stereocenters. The van der Waals surface area contributed by atoms with E-state index in [9.17, 15) is 0 Å². The first-order chi connectivity index (χ1) is 5.73. The van der Waals surface area contributed by atoms with Crippen LogP contribution in [-0.4, -0.2) is 13.1 Å². The van der Waals surface area contributed by atoms with Crippen LogP contribution in [0.5, 0.6) is 0 Å². The van der Waals surface area contributed by atoms with E-state index < -0.39 is 0 Å². The zero-order valence-corrected chi connectivity index (χ0v) is 8.40. The lowest BCUT2D eigenvalue weighted by atomic mass is 9.59. The Morgan fingerprint density at radius 3 is 2.83 bits per heavy atom. The van der Waals surface area contributed by atoms with Gasteiger partial charge in [-0.05, 0) is 43.1 Å². The number of nitrogens with one attached hydrogen (secondary N) is 1. The third kappa shape index (κ3) is 1.28. The Labute approximate surface area is 75.9 Å². The first-order valence-corrected chi connectivity index (χ1v) is 5.44. The van der Waals surface area contributed by atoms with Crippen molar-refractivity contribution >= 4 is 0 Å². The molecule has 1 heterocycles. The molecular formula is C11H21N. The molecule has 12 heavy (non-hydrogen) atoms. The second-order valence-corrected chi connectivity index (χ2v) is 5.16. The average Bonchev–Trinajstić information content (AvgIpc) is 2.25. The summed E-state index contributed by atoms with van der Waals surface area (Å²) in [6.07, 6.45) is 5.89. The van der Waals surface area contributed by atoms with E-state index >= 15 is 0 Å². The Hall–Kier alpha value is -0.0400. The van der Waals surface area contributed by atoms with E-state index in [2.05, 4.69) is 19.2 Å². The predicted molar refractivity (Wildman–Crippen MR) is 52.1 cm³/mol. The van der Waals surface area contributed by atoms with E-state index in [0.717, 1.165) is 17.3 Å². The number of rotatable bonds is 3. The maximum atomic E-state index is 3.55. The lowest BCUT2D eigenvalue weighted by molar-refractivity contribution is 0.0680. The monoisotopic (exact) mass is 167 g/mol. The molecule has 0 bridgehead atoms. The zero-order chi connectivity index (χ0) is 8.60. The lowest BCUT2D eigenvalue weighted by Crippen LogP contribution is -2.39. The van der Waals surface area contributed by atoms with Crippen LogP contribution in [0, 0.1) is 17.3 Å². The van der Waals surface area contributed by atoms with Crippen molar-refractivity contribution in [3.63, 3.8) is 0 Å². The third-order valence-electron chi connectivity index (χ3n) is 3.94. The molecule has 2 unspecified atom stereocenters. The van der Waals surface area contributed by atoms with Crippen molar-refractivity contribution in [3.05, 3.63) is 0 Å². The molecule has 0 aromatic heterocycles. The van der Waals surface area contributed by atoms with Gasteiger partial charge in [-0.15, -0.1) is 0 Å². The summed E-state index contributed by atoms with van der Waals surface area (Å²) in [5, 5.41) is 3.55. The highest BCUT2D eigenvalue weighted by molar-refractivity contribution is 5.02. The highest BCUT2D eigenvalue weighted by Gasteiger charge is 2.48. The van der Waals surface area contributed by atoms with Gasteiger partial charge < -0.3 is 5.32 Å². The van der Waals surface area contributed by atoms with Crippen LogP contribution in [-0.2, 0) is 0 Å². The fourth-order valence-corrected chi connectivity index (χ4v) is 2.80. The van der Waals surface area contributed by atoms with Crippen LogP contribution in [0.25, 0.3) is 0 Å². The van der Waals surface area contributed by atoms with Crippen molar-refractivity contribution in [2.75, 3.05) is 13.1 Å². The predicted octanol–water partition coefficient (Wildman–Crippen LogP) is 2.42. The Morgan fingerprint density at radius 1 is 1.50 bits per heavy atom. The molecule has 1 heteroatoms. The molecule has 2 rings (SSSR count). The van der Waals surface area contributed by atoms with Crippen LogP contribution in [0.3, 0.4) is 0 Å². The van der Waals surface area contributed by atoms with Crippen molar-refractivity contribution in [3.8, 4) is 0 Å². The minimum Gasteiger partial charge on any atom is -0.316 e. The van der Waals surface area contributed by atoms with E-state index in [1.54, 1.807) is 0 Å². The molecule has 2 fully saturated rings. The topological polar surface area (TPSA) is 12.0 Å². The minimum atomic E-state index is 0.754. The molecule has 2 aliphatic rings. The molecule has 1 aliphatic carbocycles. The molecule has 0 aromatic carbocycles. The molecule has 1 nitrogen and oxygen atoms in total. The van der Waals surface area contributed by atoms with Crippen molar-refractivity contribution in [1.29, 1.82) is 0 Å². The van der Waals surface area contributed by atoms with Gasteiger partial charge in [0.2, 0.25) is 0 Å². The quantitative estimate of drug-likeness (QED) is 0.680.